The quantitative estimate of drug-likeness (QED) is 0.492. The number of primary sulfonamides is 1. The molecule has 0 heterocycles. The fraction of sp³-hybridized carbons (Fsp3) is 0.0526. The number of nitrogens with one attached hydrogen (secondary N) is 2. The zero-order chi connectivity index (χ0) is 20.3. The van der Waals surface area contributed by atoms with Gasteiger partial charge in [0.05, 0.1) is 4.90 Å². The van der Waals surface area contributed by atoms with Crippen molar-refractivity contribution in [1.29, 1.82) is 0 Å². The monoisotopic (exact) mass is 399 g/mol. The number of benzene rings is 3. The number of hydrogen-bond donors (Lipinski definition) is 4. The summed E-state index contributed by atoms with van der Waals surface area (Å²) in [6.45, 7) is 0.0352. The van der Waals surface area contributed by atoms with Gasteiger partial charge in [0.15, 0.2) is 0 Å². The second-order valence-electron chi connectivity index (χ2n) is 6.00. The van der Waals surface area contributed by atoms with E-state index in [0.29, 0.717) is 22.0 Å². The van der Waals surface area contributed by atoms with Crippen molar-refractivity contribution in [3.63, 3.8) is 0 Å². The molecule has 9 heteroatoms. The van der Waals surface area contributed by atoms with E-state index in [0.717, 1.165) is 0 Å². The van der Waals surface area contributed by atoms with Gasteiger partial charge >= 0.3 is 11.8 Å². The molecule has 144 valence electrons. The van der Waals surface area contributed by atoms with Crippen LogP contribution >= 0.6 is 0 Å². The molecule has 28 heavy (non-hydrogen) atoms. The van der Waals surface area contributed by atoms with Gasteiger partial charge in [-0.3, -0.25) is 9.59 Å². The third kappa shape index (κ3) is 4.27. The van der Waals surface area contributed by atoms with Crippen LogP contribution in [0, 0.1) is 0 Å². The molecule has 0 aliphatic carbocycles. The molecule has 0 aliphatic rings. The smallest absolute Gasteiger partial charge is 0.313 e. The summed E-state index contributed by atoms with van der Waals surface area (Å²) in [6, 6.07) is 15.5. The summed E-state index contributed by atoms with van der Waals surface area (Å²) in [6.07, 6.45) is 0. The predicted octanol–water partition coefficient (Wildman–Crippen LogP) is 1.45. The minimum absolute atomic E-state index is 0.0352. The van der Waals surface area contributed by atoms with E-state index in [1.807, 2.05) is 0 Å². The van der Waals surface area contributed by atoms with E-state index in [-0.39, 0.29) is 17.2 Å². The molecular weight excluding hydrogens is 382 g/mol. The molecule has 2 amide bonds. The Hall–Kier alpha value is -3.43. The van der Waals surface area contributed by atoms with Crippen molar-refractivity contribution in [2.45, 2.75) is 11.4 Å². The van der Waals surface area contributed by atoms with Gasteiger partial charge in [0.2, 0.25) is 10.0 Å². The van der Waals surface area contributed by atoms with E-state index < -0.39 is 21.8 Å². The van der Waals surface area contributed by atoms with Gasteiger partial charge in [-0.05, 0) is 29.8 Å². The van der Waals surface area contributed by atoms with Crippen molar-refractivity contribution in [1.82, 2.24) is 5.32 Å². The molecule has 3 aromatic carbocycles. The number of carbonyl (C=O) groups excluding carboxylic acids is 2. The van der Waals surface area contributed by atoms with E-state index in [1.54, 1.807) is 30.3 Å². The number of fused-ring (bicyclic) bond motifs is 1. The van der Waals surface area contributed by atoms with Gasteiger partial charge in [0.25, 0.3) is 0 Å². The van der Waals surface area contributed by atoms with Gasteiger partial charge in [0, 0.05) is 23.0 Å². The van der Waals surface area contributed by atoms with Crippen LogP contribution in [0.3, 0.4) is 0 Å². The standard InChI is InChI=1S/C19H17N3O5S/c20-28(26,27)13-9-7-12(8-10-13)11-21-18(24)19(25)22-16-5-1-4-15-14(16)3-2-6-17(15)23/h1-10,23H,11H2,(H,21,24)(H,22,25)(H2,20,26,27). The maximum Gasteiger partial charge on any atom is 0.313 e. The summed E-state index contributed by atoms with van der Waals surface area (Å²) < 4.78 is 22.5. The van der Waals surface area contributed by atoms with Crippen LogP contribution in [0.1, 0.15) is 5.56 Å². The van der Waals surface area contributed by atoms with Crippen molar-refractivity contribution in [3.05, 3.63) is 66.2 Å². The average molecular weight is 399 g/mol. The van der Waals surface area contributed by atoms with Crippen molar-refractivity contribution in [3.8, 4) is 5.75 Å². The number of hydrogen-bond acceptors (Lipinski definition) is 5. The summed E-state index contributed by atoms with van der Waals surface area (Å²) in [7, 11) is -3.79. The molecule has 0 spiro atoms. The molecule has 0 saturated carbocycles. The number of sulfonamides is 1. The molecule has 0 aromatic heterocycles. The SMILES string of the molecule is NS(=O)(=O)c1ccc(CNC(=O)C(=O)Nc2cccc3c(O)cccc23)cc1. The number of carbonyl (C=O) groups is 2. The van der Waals surface area contributed by atoms with Crippen LogP contribution < -0.4 is 15.8 Å². The van der Waals surface area contributed by atoms with Crippen LogP contribution in [0.4, 0.5) is 5.69 Å². The molecule has 0 radical (unpaired) electrons. The molecule has 8 nitrogen and oxygen atoms in total. The van der Waals surface area contributed by atoms with Gasteiger partial charge in [0.1, 0.15) is 5.75 Å². The Morgan fingerprint density at radius 2 is 1.54 bits per heavy atom. The van der Waals surface area contributed by atoms with Crippen molar-refractivity contribution in [2.75, 3.05) is 5.32 Å². The normalized spacial score (nSPS) is 11.2. The van der Waals surface area contributed by atoms with E-state index in [9.17, 15) is 23.1 Å². The number of anilines is 1. The van der Waals surface area contributed by atoms with Gasteiger partial charge in [-0.15, -0.1) is 0 Å². The van der Waals surface area contributed by atoms with Crippen molar-refractivity contribution < 1.29 is 23.1 Å². The molecule has 0 atom stereocenters. The summed E-state index contributed by atoms with van der Waals surface area (Å²) in [4.78, 5) is 24.2. The van der Waals surface area contributed by atoms with E-state index >= 15 is 0 Å². The van der Waals surface area contributed by atoms with Crippen molar-refractivity contribution >= 4 is 38.3 Å². The van der Waals surface area contributed by atoms with Crippen molar-refractivity contribution in [2.24, 2.45) is 5.14 Å². The third-order valence-electron chi connectivity index (χ3n) is 4.06. The molecule has 3 aromatic rings. The van der Waals surface area contributed by atoms with Crippen LogP contribution in [-0.4, -0.2) is 25.3 Å². The number of phenolic OH excluding ortho intramolecular Hbond substituents is 1. The highest BCUT2D eigenvalue weighted by atomic mass is 32.2. The molecular formula is C19H17N3O5S. The lowest BCUT2D eigenvalue weighted by atomic mass is 10.1. The average Bonchev–Trinajstić information content (AvgIpc) is 2.66. The number of amides is 2. The van der Waals surface area contributed by atoms with Crippen LogP contribution in [-0.2, 0) is 26.2 Å². The lowest BCUT2D eigenvalue weighted by Gasteiger charge is -2.10. The summed E-state index contributed by atoms with van der Waals surface area (Å²) in [5.74, 6) is -1.65. The first-order valence-corrected chi connectivity index (χ1v) is 9.72. The minimum atomic E-state index is -3.79. The number of phenols is 1. The predicted molar refractivity (Wildman–Crippen MR) is 104 cm³/mol. The fourth-order valence-corrected chi connectivity index (χ4v) is 3.16. The molecule has 5 N–H and O–H groups in total. The maximum atomic E-state index is 12.2. The van der Waals surface area contributed by atoms with Crippen LogP contribution in [0.5, 0.6) is 5.75 Å². The van der Waals surface area contributed by atoms with E-state index in [1.165, 1.54) is 30.3 Å². The topological polar surface area (TPSA) is 139 Å². The highest BCUT2D eigenvalue weighted by Gasteiger charge is 2.15. The van der Waals surface area contributed by atoms with Crippen LogP contribution in [0.15, 0.2) is 65.6 Å². The highest BCUT2D eigenvalue weighted by molar-refractivity contribution is 7.89. The minimum Gasteiger partial charge on any atom is -0.507 e. The molecule has 0 saturated heterocycles. The van der Waals surface area contributed by atoms with E-state index in [4.69, 9.17) is 5.14 Å². The Morgan fingerprint density at radius 3 is 2.21 bits per heavy atom. The second-order valence-corrected chi connectivity index (χ2v) is 7.57. The molecule has 0 fully saturated rings. The number of aromatic hydroxyl groups is 1. The van der Waals surface area contributed by atoms with E-state index in [2.05, 4.69) is 10.6 Å². The number of rotatable bonds is 4. The second kappa shape index (κ2) is 7.67. The lowest BCUT2D eigenvalue weighted by molar-refractivity contribution is -0.136. The van der Waals surface area contributed by atoms with Crippen LogP contribution in [0.25, 0.3) is 10.8 Å². The first kappa shape index (κ1) is 19.3. The zero-order valence-corrected chi connectivity index (χ0v) is 15.4. The maximum absolute atomic E-state index is 12.2. The highest BCUT2D eigenvalue weighted by Crippen LogP contribution is 2.29. The summed E-state index contributed by atoms with van der Waals surface area (Å²) in [5, 5.41) is 21.0. The lowest BCUT2D eigenvalue weighted by Crippen LogP contribution is -2.35. The van der Waals surface area contributed by atoms with Gasteiger partial charge in [-0.25, -0.2) is 13.6 Å². The number of nitrogens with two attached hydrogens (primary N) is 1. The van der Waals surface area contributed by atoms with Gasteiger partial charge in [-0.1, -0.05) is 36.4 Å². The largest absolute Gasteiger partial charge is 0.507 e. The molecule has 3 rings (SSSR count). The van der Waals surface area contributed by atoms with Crippen LogP contribution in [0.2, 0.25) is 0 Å². The summed E-state index contributed by atoms with van der Waals surface area (Å²) in [5.41, 5.74) is 0.995. The Balaban J connectivity index is 1.66. The van der Waals surface area contributed by atoms with Gasteiger partial charge in [-0.2, -0.15) is 0 Å². The molecule has 0 aliphatic heterocycles. The third-order valence-corrected chi connectivity index (χ3v) is 4.99. The summed E-state index contributed by atoms with van der Waals surface area (Å²) >= 11 is 0. The first-order valence-electron chi connectivity index (χ1n) is 8.17. The molecule has 0 bridgehead atoms. The Kier molecular flexibility index (Phi) is 5.30. The zero-order valence-electron chi connectivity index (χ0n) is 14.5. The fourth-order valence-electron chi connectivity index (χ4n) is 2.64. The Morgan fingerprint density at radius 1 is 0.893 bits per heavy atom. The Bertz CT molecular complexity index is 1160. The van der Waals surface area contributed by atoms with Gasteiger partial charge < -0.3 is 15.7 Å². The molecule has 0 unspecified atom stereocenters. The Labute approximate surface area is 161 Å². The first-order chi connectivity index (χ1) is 13.3.